The van der Waals surface area contributed by atoms with Crippen molar-refractivity contribution in [2.24, 2.45) is 0 Å². The number of aromatic nitrogens is 2. The van der Waals surface area contributed by atoms with Gasteiger partial charge in [-0.2, -0.15) is 0 Å². The van der Waals surface area contributed by atoms with Crippen LogP contribution in [0, 0.1) is 0 Å². The maximum absolute atomic E-state index is 12.7. The van der Waals surface area contributed by atoms with Crippen LogP contribution in [0.3, 0.4) is 0 Å². The number of ether oxygens (including phenoxy) is 1. The van der Waals surface area contributed by atoms with Gasteiger partial charge < -0.3 is 15.0 Å². The van der Waals surface area contributed by atoms with Crippen molar-refractivity contribution in [3.63, 3.8) is 0 Å². The van der Waals surface area contributed by atoms with Gasteiger partial charge in [-0.3, -0.25) is 14.7 Å². The monoisotopic (exact) mass is 378 g/mol. The summed E-state index contributed by atoms with van der Waals surface area (Å²) < 4.78 is 5.53. The molecule has 0 saturated carbocycles. The lowest BCUT2D eigenvalue weighted by molar-refractivity contribution is 0.0904. The molecule has 0 bridgehead atoms. The second-order valence-electron chi connectivity index (χ2n) is 7.21. The number of nitrogens with one attached hydrogen (secondary N) is 2. The van der Waals surface area contributed by atoms with Crippen LogP contribution in [-0.4, -0.2) is 46.5 Å². The third-order valence-corrected chi connectivity index (χ3v) is 5.18. The van der Waals surface area contributed by atoms with Crippen LogP contribution >= 0.6 is 0 Å². The number of hydrogen-bond donors (Lipinski definition) is 2. The number of nitrogens with zero attached hydrogens (tertiary/aromatic N) is 2. The Morgan fingerprint density at radius 2 is 2.11 bits per heavy atom. The van der Waals surface area contributed by atoms with Crippen molar-refractivity contribution >= 4 is 16.8 Å². The lowest BCUT2D eigenvalue weighted by atomic mass is 10.0. The molecule has 1 aliphatic heterocycles. The quantitative estimate of drug-likeness (QED) is 0.690. The number of fused-ring (bicyclic) bond motifs is 1. The van der Waals surface area contributed by atoms with Gasteiger partial charge in [-0.25, -0.2) is 0 Å². The molecule has 4 rings (SSSR count). The van der Waals surface area contributed by atoms with E-state index < -0.39 is 0 Å². The molecule has 0 unspecified atom stereocenters. The Balaban J connectivity index is 1.32. The van der Waals surface area contributed by atoms with Crippen molar-refractivity contribution in [3.8, 4) is 5.75 Å². The molecule has 0 spiro atoms. The Morgan fingerprint density at radius 1 is 1.25 bits per heavy atom. The first-order chi connectivity index (χ1) is 13.7. The first kappa shape index (κ1) is 18.5. The third kappa shape index (κ3) is 4.34. The summed E-state index contributed by atoms with van der Waals surface area (Å²) in [5.41, 5.74) is 2.61. The summed E-state index contributed by atoms with van der Waals surface area (Å²) in [4.78, 5) is 22.7. The molecule has 2 N–H and O–H groups in total. The van der Waals surface area contributed by atoms with Gasteiger partial charge in [0.2, 0.25) is 0 Å². The van der Waals surface area contributed by atoms with E-state index in [9.17, 15) is 4.79 Å². The highest BCUT2D eigenvalue weighted by Crippen LogP contribution is 2.22. The molecule has 2 aromatic heterocycles. The summed E-state index contributed by atoms with van der Waals surface area (Å²) in [6.07, 6.45) is 3.74. The van der Waals surface area contributed by atoms with Crippen molar-refractivity contribution in [1.82, 2.24) is 20.2 Å². The van der Waals surface area contributed by atoms with Crippen molar-refractivity contribution < 1.29 is 9.53 Å². The molecule has 3 heterocycles. The molecule has 0 aliphatic carbocycles. The minimum absolute atomic E-state index is 0.0441. The lowest BCUT2D eigenvalue weighted by Crippen LogP contribution is -2.44. The number of amides is 1. The maximum atomic E-state index is 12.7. The first-order valence-corrected chi connectivity index (χ1v) is 9.90. The van der Waals surface area contributed by atoms with Crippen molar-refractivity contribution in [2.45, 2.75) is 32.4 Å². The van der Waals surface area contributed by atoms with E-state index in [-0.39, 0.29) is 11.9 Å². The third-order valence-electron chi connectivity index (χ3n) is 5.18. The fraction of sp³-hybridized carbons (Fsp3) is 0.364. The molecular weight excluding hydrogens is 352 g/mol. The highest BCUT2D eigenvalue weighted by Gasteiger charge is 2.22. The summed E-state index contributed by atoms with van der Waals surface area (Å²) in [5.74, 6) is 0.765. The first-order valence-electron chi connectivity index (χ1n) is 9.90. The summed E-state index contributed by atoms with van der Waals surface area (Å²) >= 11 is 0. The Morgan fingerprint density at radius 3 is 2.86 bits per heavy atom. The van der Waals surface area contributed by atoms with Gasteiger partial charge in [0, 0.05) is 48.8 Å². The van der Waals surface area contributed by atoms with Crippen LogP contribution in [0.1, 0.15) is 35.9 Å². The SMILES string of the molecule is CCOc1ccc2cc(C(=O)NC3CCN(Cc4ccccn4)CC3)[nH]c2c1. The highest BCUT2D eigenvalue weighted by atomic mass is 16.5. The summed E-state index contributed by atoms with van der Waals surface area (Å²) in [6, 6.07) is 14.0. The molecule has 28 heavy (non-hydrogen) atoms. The van der Waals surface area contributed by atoms with E-state index in [1.54, 1.807) is 0 Å². The molecule has 1 aromatic carbocycles. The van der Waals surface area contributed by atoms with Gasteiger partial charge in [0.1, 0.15) is 11.4 Å². The molecular formula is C22H26N4O2. The molecule has 6 nitrogen and oxygen atoms in total. The second-order valence-corrected chi connectivity index (χ2v) is 7.21. The van der Waals surface area contributed by atoms with E-state index >= 15 is 0 Å². The normalized spacial score (nSPS) is 15.6. The number of piperidine rings is 1. The Labute approximate surface area is 164 Å². The minimum atomic E-state index is -0.0441. The predicted molar refractivity (Wildman–Crippen MR) is 109 cm³/mol. The van der Waals surface area contributed by atoms with E-state index in [0.717, 1.165) is 54.8 Å². The highest BCUT2D eigenvalue weighted by molar-refractivity contribution is 5.98. The number of pyridine rings is 1. The number of carbonyl (C=O) groups excluding carboxylic acids is 1. The largest absolute Gasteiger partial charge is 0.494 e. The predicted octanol–water partition coefficient (Wildman–Crippen LogP) is 3.36. The van der Waals surface area contributed by atoms with E-state index in [0.29, 0.717) is 12.3 Å². The number of rotatable bonds is 6. The van der Waals surface area contributed by atoms with Crippen LogP contribution in [0.5, 0.6) is 5.75 Å². The molecule has 0 radical (unpaired) electrons. The van der Waals surface area contributed by atoms with Gasteiger partial charge in [0.25, 0.3) is 5.91 Å². The molecule has 3 aromatic rings. The smallest absolute Gasteiger partial charge is 0.267 e. The zero-order valence-electron chi connectivity index (χ0n) is 16.1. The number of hydrogen-bond acceptors (Lipinski definition) is 4. The number of benzene rings is 1. The minimum Gasteiger partial charge on any atom is -0.494 e. The van der Waals surface area contributed by atoms with Crippen LogP contribution < -0.4 is 10.1 Å². The number of likely N-dealkylation sites (tertiary alicyclic amines) is 1. The number of carbonyl (C=O) groups is 1. The molecule has 1 fully saturated rings. The molecule has 1 aliphatic rings. The van der Waals surface area contributed by atoms with Crippen molar-refractivity contribution in [2.75, 3.05) is 19.7 Å². The average molecular weight is 378 g/mol. The van der Waals surface area contributed by atoms with Crippen LogP contribution in [-0.2, 0) is 6.54 Å². The van der Waals surface area contributed by atoms with Crippen LogP contribution in [0.15, 0.2) is 48.7 Å². The number of H-pyrrole nitrogens is 1. The van der Waals surface area contributed by atoms with Gasteiger partial charge in [0.15, 0.2) is 0 Å². The topological polar surface area (TPSA) is 70.2 Å². The molecule has 0 atom stereocenters. The van der Waals surface area contributed by atoms with Crippen LogP contribution in [0.2, 0.25) is 0 Å². The number of aromatic amines is 1. The van der Waals surface area contributed by atoms with Gasteiger partial charge in [0.05, 0.1) is 12.3 Å². The van der Waals surface area contributed by atoms with Crippen molar-refractivity contribution in [3.05, 3.63) is 60.0 Å². The Bertz CT molecular complexity index is 930. The van der Waals surface area contributed by atoms with Crippen LogP contribution in [0.4, 0.5) is 0 Å². The zero-order valence-corrected chi connectivity index (χ0v) is 16.1. The Kier molecular flexibility index (Phi) is 5.58. The van der Waals surface area contributed by atoms with E-state index in [1.807, 2.05) is 49.5 Å². The van der Waals surface area contributed by atoms with Gasteiger partial charge >= 0.3 is 0 Å². The standard InChI is InChI=1S/C22H26N4O2/c1-2-28-19-7-6-16-13-21(25-20(16)14-19)22(27)24-17-8-11-26(12-9-17)15-18-5-3-4-10-23-18/h3-7,10,13-14,17,25H,2,8-9,11-12,15H2,1H3,(H,24,27). The zero-order chi connectivity index (χ0) is 19.3. The van der Waals surface area contributed by atoms with E-state index in [1.165, 1.54) is 0 Å². The summed E-state index contributed by atoms with van der Waals surface area (Å²) in [5, 5.41) is 4.19. The fourth-order valence-electron chi connectivity index (χ4n) is 3.70. The summed E-state index contributed by atoms with van der Waals surface area (Å²) in [7, 11) is 0. The van der Waals surface area contributed by atoms with Gasteiger partial charge in [-0.1, -0.05) is 6.07 Å². The Hall–Kier alpha value is -2.86. The maximum Gasteiger partial charge on any atom is 0.267 e. The second kappa shape index (κ2) is 8.44. The molecule has 1 saturated heterocycles. The van der Waals surface area contributed by atoms with Gasteiger partial charge in [-0.15, -0.1) is 0 Å². The molecule has 6 heteroatoms. The lowest BCUT2D eigenvalue weighted by Gasteiger charge is -2.32. The van der Waals surface area contributed by atoms with Crippen LogP contribution in [0.25, 0.3) is 10.9 Å². The van der Waals surface area contributed by atoms with Crippen molar-refractivity contribution in [1.29, 1.82) is 0 Å². The average Bonchev–Trinajstić information content (AvgIpc) is 3.14. The summed E-state index contributed by atoms with van der Waals surface area (Å²) in [6.45, 7) is 5.38. The molecule has 1 amide bonds. The fourth-order valence-corrected chi connectivity index (χ4v) is 3.70. The van der Waals surface area contributed by atoms with Gasteiger partial charge in [-0.05, 0) is 50.1 Å². The molecule has 146 valence electrons. The van der Waals surface area contributed by atoms with E-state index in [2.05, 4.69) is 26.3 Å². The van der Waals surface area contributed by atoms with E-state index in [4.69, 9.17) is 4.74 Å².